The van der Waals surface area contributed by atoms with E-state index in [0.29, 0.717) is 11.8 Å². The van der Waals surface area contributed by atoms with Gasteiger partial charge in [-0.1, -0.05) is 220 Å². The van der Waals surface area contributed by atoms with E-state index in [1.807, 2.05) is 6.07 Å². The summed E-state index contributed by atoms with van der Waals surface area (Å²) in [6.45, 7) is 4.57. The molecule has 1 heterocycles. The average Bonchev–Trinajstić information content (AvgIpc) is 3.36. The maximum absolute atomic E-state index is 5.33. The molecule has 0 N–H and O–H groups in total. The number of benzene rings is 8. The molecule has 8 aromatic carbocycles. The lowest BCUT2D eigenvalue weighted by molar-refractivity contribution is 0.532. The molecule has 300 valence electrons. The zero-order chi connectivity index (χ0) is 41.8. The smallest absolute Gasteiger partial charge is 0.155 e. The van der Waals surface area contributed by atoms with Crippen LogP contribution in [0.15, 0.2) is 228 Å². The SMILES string of the molecule is CCC1C(c2ccccc2)=CC(c2ccc(-c3ccc4ccc(-c5ccc(C6N=C(c7ccccc7)N=C(c7ccccc7)C6CC)cc5)cc4c3)cc2)=CC1c1ccccc1. The van der Waals surface area contributed by atoms with Gasteiger partial charge in [0.2, 0.25) is 0 Å². The number of allylic oxidation sites excluding steroid dienone is 4. The fourth-order valence-corrected chi connectivity index (χ4v) is 9.68. The van der Waals surface area contributed by atoms with Crippen LogP contribution < -0.4 is 0 Å². The normalized spacial score (nSPS) is 18.7. The topological polar surface area (TPSA) is 24.7 Å². The predicted molar refractivity (Wildman–Crippen MR) is 263 cm³/mol. The van der Waals surface area contributed by atoms with Gasteiger partial charge in [-0.3, -0.25) is 4.99 Å². The summed E-state index contributed by atoms with van der Waals surface area (Å²) in [4.78, 5) is 10.5. The first-order chi connectivity index (χ1) is 30.6. The van der Waals surface area contributed by atoms with E-state index in [1.165, 1.54) is 66.4 Å². The average molecular weight is 799 g/mol. The molecule has 8 aromatic rings. The van der Waals surface area contributed by atoms with Crippen molar-refractivity contribution < 1.29 is 0 Å². The third-order valence-electron chi connectivity index (χ3n) is 13.0. The van der Waals surface area contributed by atoms with Crippen LogP contribution in [0.5, 0.6) is 0 Å². The Morgan fingerprint density at radius 3 is 1.48 bits per heavy atom. The van der Waals surface area contributed by atoms with E-state index in [2.05, 4.69) is 226 Å². The second kappa shape index (κ2) is 17.4. The summed E-state index contributed by atoms with van der Waals surface area (Å²) in [5.74, 6) is 1.70. The Morgan fingerprint density at radius 2 is 0.903 bits per heavy atom. The van der Waals surface area contributed by atoms with E-state index in [0.717, 1.165) is 35.5 Å². The summed E-state index contributed by atoms with van der Waals surface area (Å²) < 4.78 is 0. The van der Waals surface area contributed by atoms with E-state index in [1.54, 1.807) is 0 Å². The summed E-state index contributed by atoms with van der Waals surface area (Å²) in [7, 11) is 0. The molecule has 4 unspecified atom stereocenters. The molecule has 10 rings (SSSR count). The molecule has 2 heteroatoms. The van der Waals surface area contributed by atoms with Gasteiger partial charge in [-0.15, -0.1) is 0 Å². The molecule has 0 saturated heterocycles. The molecular weight excluding hydrogens is 749 g/mol. The number of nitrogens with zero attached hydrogens (tertiary/aromatic N) is 2. The zero-order valence-electron chi connectivity index (χ0n) is 35.4. The van der Waals surface area contributed by atoms with Crippen LogP contribution in [-0.4, -0.2) is 11.5 Å². The number of hydrogen-bond acceptors (Lipinski definition) is 2. The van der Waals surface area contributed by atoms with Crippen LogP contribution in [0.4, 0.5) is 0 Å². The first kappa shape index (κ1) is 39.0. The summed E-state index contributed by atoms with van der Waals surface area (Å²) in [6, 6.07) is 74.8. The maximum Gasteiger partial charge on any atom is 0.155 e. The molecule has 62 heavy (non-hydrogen) atoms. The fourth-order valence-electron chi connectivity index (χ4n) is 9.68. The van der Waals surface area contributed by atoms with Gasteiger partial charge in [0.25, 0.3) is 0 Å². The van der Waals surface area contributed by atoms with Crippen molar-refractivity contribution in [3.05, 3.63) is 252 Å². The van der Waals surface area contributed by atoms with Crippen molar-refractivity contribution in [3.8, 4) is 22.3 Å². The second-order valence-electron chi connectivity index (χ2n) is 16.7. The standard InChI is InChI=1S/C60H50N2/c1-3-54-56(45-17-9-5-10-18-45)39-53(40-57(54)46-19-11-6-12-20-46)44-27-25-41(26-28-44)50-35-31-43-32-36-51(38-52(43)37-50)42-29-33-48(34-30-42)59-55(4-2)58(47-21-13-7-14-22-47)61-60(62-59)49-23-15-8-16-24-49/h5-40,54-56,59H,3-4H2,1-2H3. The molecule has 0 aromatic heterocycles. The highest BCUT2D eigenvalue weighted by Crippen LogP contribution is 2.45. The lowest BCUT2D eigenvalue weighted by Crippen LogP contribution is -2.28. The summed E-state index contributed by atoms with van der Waals surface area (Å²) >= 11 is 0. The molecule has 0 amide bonds. The monoisotopic (exact) mass is 798 g/mol. The van der Waals surface area contributed by atoms with Crippen molar-refractivity contribution in [1.82, 2.24) is 0 Å². The van der Waals surface area contributed by atoms with Crippen molar-refractivity contribution in [2.24, 2.45) is 21.8 Å². The second-order valence-corrected chi connectivity index (χ2v) is 16.7. The van der Waals surface area contributed by atoms with Gasteiger partial charge in [-0.05, 0) is 103 Å². The van der Waals surface area contributed by atoms with Gasteiger partial charge in [0.1, 0.15) is 0 Å². The number of rotatable bonds is 10. The lowest BCUT2D eigenvalue weighted by Gasteiger charge is -2.32. The van der Waals surface area contributed by atoms with Gasteiger partial charge in [-0.25, -0.2) is 4.99 Å². The Balaban J connectivity index is 0.933. The summed E-state index contributed by atoms with van der Waals surface area (Å²) in [6.07, 6.45) is 6.96. The highest BCUT2D eigenvalue weighted by atomic mass is 15.0. The van der Waals surface area contributed by atoms with E-state index >= 15 is 0 Å². The third kappa shape index (κ3) is 7.81. The van der Waals surface area contributed by atoms with Crippen LogP contribution in [0.1, 0.15) is 72.0 Å². The Labute approximate surface area is 366 Å². The number of hydrogen-bond donors (Lipinski definition) is 0. The molecule has 2 nitrogen and oxygen atoms in total. The van der Waals surface area contributed by atoms with Crippen molar-refractivity contribution in [1.29, 1.82) is 0 Å². The molecule has 0 fully saturated rings. The minimum absolute atomic E-state index is 0.0302. The summed E-state index contributed by atoms with van der Waals surface area (Å²) in [5, 5.41) is 2.46. The molecule has 1 aliphatic carbocycles. The Bertz CT molecular complexity index is 2940. The Kier molecular flexibility index (Phi) is 11.0. The molecular formula is C60H50N2. The highest BCUT2D eigenvalue weighted by Gasteiger charge is 2.32. The van der Waals surface area contributed by atoms with Gasteiger partial charge in [0.15, 0.2) is 5.84 Å². The lowest BCUT2D eigenvalue weighted by atomic mass is 9.72. The molecule has 0 spiro atoms. The predicted octanol–water partition coefficient (Wildman–Crippen LogP) is 15.5. The molecule has 0 saturated carbocycles. The minimum Gasteiger partial charge on any atom is -0.257 e. The van der Waals surface area contributed by atoms with Gasteiger partial charge in [0.05, 0.1) is 11.8 Å². The molecule has 0 bridgehead atoms. The van der Waals surface area contributed by atoms with Gasteiger partial charge >= 0.3 is 0 Å². The molecule has 0 radical (unpaired) electrons. The number of fused-ring (bicyclic) bond motifs is 1. The number of amidine groups is 1. The van der Waals surface area contributed by atoms with Gasteiger partial charge in [0, 0.05) is 17.4 Å². The van der Waals surface area contributed by atoms with Crippen molar-refractivity contribution in [3.63, 3.8) is 0 Å². The molecule has 2 aliphatic rings. The van der Waals surface area contributed by atoms with Crippen LogP contribution in [0, 0.1) is 11.8 Å². The van der Waals surface area contributed by atoms with Crippen LogP contribution in [0.2, 0.25) is 0 Å². The minimum atomic E-state index is -0.0302. The van der Waals surface area contributed by atoms with Crippen LogP contribution >= 0.6 is 0 Å². The number of aliphatic imine (C=N–C) groups is 2. The largest absolute Gasteiger partial charge is 0.257 e. The van der Waals surface area contributed by atoms with Crippen LogP contribution in [0.3, 0.4) is 0 Å². The van der Waals surface area contributed by atoms with Crippen LogP contribution in [0.25, 0.3) is 44.2 Å². The van der Waals surface area contributed by atoms with E-state index in [9.17, 15) is 0 Å². The van der Waals surface area contributed by atoms with E-state index in [4.69, 9.17) is 9.98 Å². The Hall–Kier alpha value is -7.16. The van der Waals surface area contributed by atoms with Crippen molar-refractivity contribution in [2.45, 2.75) is 38.6 Å². The quantitative estimate of drug-likeness (QED) is 0.132. The van der Waals surface area contributed by atoms with E-state index in [-0.39, 0.29) is 12.0 Å². The maximum atomic E-state index is 5.33. The highest BCUT2D eigenvalue weighted by molar-refractivity contribution is 6.15. The van der Waals surface area contributed by atoms with Crippen molar-refractivity contribution >= 4 is 33.5 Å². The third-order valence-corrected chi connectivity index (χ3v) is 13.0. The van der Waals surface area contributed by atoms with Gasteiger partial charge in [-0.2, -0.15) is 0 Å². The molecule has 4 atom stereocenters. The fraction of sp³-hybridized carbons (Fsp3) is 0.133. The first-order valence-electron chi connectivity index (χ1n) is 22.2. The zero-order valence-corrected chi connectivity index (χ0v) is 35.4. The van der Waals surface area contributed by atoms with Gasteiger partial charge < -0.3 is 0 Å². The first-order valence-corrected chi connectivity index (χ1v) is 22.2. The Morgan fingerprint density at radius 1 is 0.403 bits per heavy atom. The molecule has 1 aliphatic heterocycles. The van der Waals surface area contributed by atoms with Crippen molar-refractivity contribution in [2.75, 3.05) is 0 Å². The van der Waals surface area contributed by atoms with Crippen LogP contribution in [-0.2, 0) is 0 Å². The summed E-state index contributed by atoms with van der Waals surface area (Å²) in [5.41, 5.74) is 16.0. The van der Waals surface area contributed by atoms with E-state index < -0.39 is 0 Å².